The number of benzene rings is 2. The number of primary amides is 1. The van der Waals surface area contributed by atoms with Gasteiger partial charge in [-0.3, -0.25) is 9.59 Å². The first-order valence-corrected chi connectivity index (χ1v) is 9.60. The molecule has 0 bridgehead atoms. The third kappa shape index (κ3) is 3.51. The van der Waals surface area contributed by atoms with Crippen molar-refractivity contribution in [3.63, 3.8) is 0 Å². The summed E-state index contributed by atoms with van der Waals surface area (Å²) in [6, 6.07) is 15.4. The Bertz CT molecular complexity index is 944. The molecule has 0 aromatic heterocycles. The van der Waals surface area contributed by atoms with E-state index in [-0.39, 0.29) is 18.0 Å². The first-order chi connectivity index (χ1) is 13.5. The molecule has 2 aromatic rings. The van der Waals surface area contributed by atoms with Crippen molar-refractivity contribution in [3.05, 3.63) is 65.2 Å². The molecule has 144 valence electrons. The Labute approximate surface area is 164 Å². The van der Waals surface area contributed by atoms with Gasteiger partial charge in [0.2, 0.25) is 5.91 Å². The van der Waals surface area contributed by atoms with Crippen LogP contribution < -0.4 is 22.1 Å². The number of fused-ring (bicyclic) bond motifs is 1. The summed E-state index contributed by atoms with van der Waals surface area (Å²) in [6.45, 7) is 0. The lowest BCUT2D eigenvalue weighted by Gasteiger charge is -2.29. The Hall–Kier alpha value is -3.12. The Morgan fingerprint density at radius 2 is 1.71 bits per heavy atom. The maximum absolute atomic E-state index is 12.9. The summed E-state index contributed by atoms with van der Waals surface area (Å²) >= 11 is 0. The van der Waals surface area contributed by atoms with Gasteiger partial charge in [0.15, 0.2) is 0 Å². The van der Waals surface area contributed by atoms with Crippen LogP contribution in [0, 0.1) is 0 Å². The van der Waals surface area contributed by atoms with E-state index in [1.165, 1.54) is 0 Å². The van der Waals surface area contributed by atoms with Crippen molar-refractivity contribution < 1.29 is 9.59 Å². The van der Waals surface area contributed by atoms with Crippen molar-refractivity contribution in [2.45, 2.75) is 37.8 Å². The van der Waals surface area contributed by atoms with E-state index < -0.39 is 5.91 Å². The molecule has 0 atom stereocenters. The van der Waals surface area contributed by atoms with Gasteiger partial charge in [-0.15, -0.1) is 0 Å². The second-order valence-electron chi connectivity index (χ2n) is 7.45. The van der Waals surface area contributed by atoms with Crippen molar-refractivity contribution >= 4 is 28.8 Å². The highest BCUT2D eigenvalue weighted by Gasteiger charge is 2.30. The van der Waals surface area contributed by atoms with Crippen LogP contribution >= 0.6 is 0 Å². The van der Waals surface area contributed by atoms with Crippen LogP contribution in [0.2, 0.25) is 0 Å². The van der Waals surface area contributed by atoms with Crippen LogP contribution in [0.1, 0.15) is 47.2 Å². The van der Waals surface area contributed by atoms with Crippen LogP contribution in [0.4, 0.5) is 5.69 Å². The fourth-order valence-electron chi connectivity index (χ4n) is 3.95. The van der Waals surface area contributed by atoms with Crippen molar-refractivity contribution in [1.29, 1.82) is 0 Å². The second-order valence-corrected chi connectivity index (χ2v) is 7.45. The van der Waals surface area contributed by atoms with Crippen molar-refractivity contribution in [1.82, 2.24) is 5.32 Å². The van der Waals surface area contributed by atoms with Crippen LogP contribution in [-0.4, -0.2) is 23.9 Å². The van der Waals surface area contributed by atoms with Crippen molar-refractivity contribution in [2.24, 2.45) is 11.5 Å². The third-order valence-electron chi connectivity index (χ3n) is 5.48. The molecule has 4 rings (SSSR count). The number of hydrogen-bond acceptors (Lipinski definition) is 4. The molecule has 0 spiro atoms. The fourth-order valence-corrected chi connectivity index (χ4v) is 3.95. The molecule has 1 fully saturated rings. The smallest absolute Gasteiger partial charge is 0.258 e. The molecule has 1 saturated carbocycles. The highest BCUT2D eigenvalue weighted by Crippen LogP contribution is 2.37. The van der Waals surface area contributed by atoms with Crippen LogP contribution in [-0.2, 0) is 4.79 Å². The van der Waals surface area contributed by atoms with Gasteiger partial charge in [0, 0.05) is 28.9 Å². The summed E-state index contributed by atoms with van der Waals surface area (Å²) in [7, 11) is 0. The molecule has 2 aromatic carbocycles. The minimum absolute atomic E-state index is 0.185. The number of carbonyl (C=O) groups excluding carboxylic acids is 2. The SMILES string of the molecule is NC(=O)c1ccc2c(c1)NC(=O)/C2=C(\NC1CCC(N)CC1)c1ccccc1. The average Bonchev–Trinajstić information content (AvgIpc) is 3.03. The summed E-state index contributed by atoms with van der Waals surface area (Å²) in [6.07, 6.45) is 3.89. The second kappa shape index (κ2) is 7.48. The Kier molecular flexibility index (Phi) is 4.88. The van der Waals surface area contributed by atoms with E-state index in [1.807, 2.05) is 30.3 Å². The lowest BCUT2D eigenvalue weighted by Crippen LogP contribution is -2.37. The highest BCUT2D eigenvalue weighted by atomic mass is 16.2. The van der Waals surface area contributed by atoms with Gasteiger partial charge >= 0.3 is 0 Å². The lowest BCUT2D eigenvalue weighted by atomic mass is 9.90. The predicted molar refractivity (Wildman–Crippen MR) is 110 cm³/mol. The summed E-state index contributed by atoms with van der Waals surface area (Å²) in [5, 5.41) is 6.49. The maximum Gasteiger partial charge on any atom is 0.258 e. The van der Waals surface area contributed by atoms with Crippen molar-refractivity contribution in [2.75, 3.05) is 5.32 Å². The molecule has 1 aliphatic heterocycles. The Morgan fingerprint density at radius 3 is 2.39 bits per heavy atom. The quantitative estimate of drug-likeness (QED) is 0.614. The summed E-state index contributed by atoms with van der Waals surface area (Å²) < 4.78 is 0. The summed E-state index contributed by atoms with van der Waals surface area (Å²) in [5.74, 6) is -0.704. The van der Waals surface area contributed by atoms with Crippen LogP contribution in [0.15, 0.2) is 48.5 Å². The van der Waals surface area contributed by atoms with Gasteiger partial charge in [-0.1, -0.05) is 36.4 Å². The number of rotatable bonds is 4. The molecule has 6 nitrogen and oxygen atoms in total. The minimum Gasteiger partial charge on any atom is -0.381 e. The molecule has 0 radical (unpaired) electrons. The van der Waals surface area contributed by atoms with Gasteiger partial charge in [0.25, 0.3) is 5.91 Å². The largest absolute Gasteiger partial charge is 0.381 e. The van der Waals surface area contributed by atoms with E-state index in [0.717, 1.165) is 42.5 Å². The molecule has 2 amide bonds. The van der Waals surface area contributed by atoms with Gasteiger partial charge < -0.3 is 22.1 Å². The fraction of sp³-hybridized carbons (Fsp3) is 0.273. The Morgan fingerprint density at radius 1 is 1.00 bits per heavy atom. The van der Waals surface area contributed by atoms with E-state index in [1.54, 1.807) is 18.2 Å². The summed E-state index contributed by atoms with van der Waals surface area (Å²) in [5.41, 5.74) is 15.5. The zero-order valence-corrected chi connectivity index (χ0v) is 15.6. The highest BCUT2D eigenvalue weighted by molar-refractivity contribution is 6.36. The molecule has 1 heterocycles. The maximum atomic E-state index is 12.9. The minimum atomic E-state index is -0.519. The van der Waals surface area contributed by atoms with Gasteiger partial charge in [0.05, 0.1) is 11.3 Å². The first-order valence-electron chi connectivity index (χ1n) is 9.60. The number of nitrogens with two attached hydrogens (primary N) is 2. The van der Waals surface area contributed by atoms with Gasteiger partial charge in [-0.05, 0) is 43.4 Å². The summed E-state index contributed by atoms with van der Waals surface area (Å²) in [4.78, 5) is 24.4. The predicted octanol–water partition coefficient (Wildman–Crippen LogP) is 2.47. The molecule has 1 aliphatic carbocycles. The zero-order chi connectivity index (χ0) is 19.7. The van der Waals surface area contributed by atoms with Gasteiger partial charge in [-0.25, -0.2) is 0 Å². The van der Waals surface area contributed by atoms with Crippen LogP contribution in [0.25, 0.3) is 11.3 Å². The van der Waals surface area contributed by atoms with E-state index in [9.17, 15) is 9.59 Å². The third-order valence-corrected chi connectivity index (χ3v) is 5.48. The molecule has 0 saturated heterocycles. The average molecular weight is 376 g/mol. The van der Waals surface area contributed by atoms with Crippen LogP contribution in [0.3, 0.4) is 0 Å². The van der Waals surface area contributed by atoms with Crippen LogP contribution in [0.5, 0.6) is 0 Å². The molecular formula is C22H24N4O2. The number of anilines is 1. The molecular weight excluding hydrogens is 352 g/mol. The molecule has 6 heteroatoms. The van der Waals surface area contributed by atoms with Gasteiger partial charge in [-0.2, -0.15) is 0 Å². The number of carbonyl (C=O) groups is 2. The molecule has 28 heavy (non-hydrogen) atoms. The molecule has 6 N–H and O–H groups in total. The van der Waals surface area contributed by atoms with E-state index in [2.05, 4.69) is 10.6 Å². The van der Waals surface area contributed by atoms with E-state index in [4.69, 9.17) is 11.5 Å². The van der Waals surface area contributed by atoms with Gasteiger partial charge in [0.1, 0.15) is 0 Å². The number of hydrogen-bond donors (Lipinski definition) is 4. The monoisotopic (exact) mass is 376 g/mol. The number of nitrogens with one attached hydrogen (secondary N) is 2. The standard InChI is InChI=1S/C22H24N4O2/c23-15-7-9-16(10-8-15)25-20(13-4-2-1-3-5-13)19-17-11-6-14(21(24)27)12-18(17)26-22(19)28/h1-6,11-12,15-16,25H,7-10,23H2,(H2,24,27)(H,26,28)/b20-19-. The topological polar surface area (TPSA) is 110 Å². The normalized spacial score (nSPS) is 23.0. The first kappa shape index (κ1) is 18.3. The van der Waals surface area contributed by atoms with E-state index >= 15 is 0 Å². The lowest BCUT2D eigenvalue weighted by molar-refractivity contribution is -0.110. The number of amides is 2. The Balaban J connectivity index is 1.78. The van der Waals surface area contributed by atoms with E-state index in [0.29, 0.717) is 16.8 Å². The van der Waals surface area contributed by atoms with Crippen molar-refractivity contribution in [3.8, 4) is 0 Å². The molecule has 2 aliphatic rings. The molecule has 0 unspecified atom stereocenters. The zero-order valence-electron chi connectivity index (χ0n) is 15.6.